The van der Waals surface area contributed by atoms with Gasteiger partial charge in [-0.25, -0.2) is 12.8 Å². The third kappa shape index (κ3) is 5.14. The zero-order valence-electron chi connectivity index (χ0n) is 18.9. The molecule has 0 unspecified atom stereocenters. The largest absolute Gasteiger partial charge is 0.495 e. The number of sulfonamides is 1. The SMILES string of the molecule is C#C[C@H](Cc1cc(OC)c(-n2c(=O)ccc3cc(S(=O)(=O)Nc4ccon4)ccc32)cc1F)C(F)(F)F. The molecule has 192 valence electrons. The van der Waals surface area contributed by atoms with Crippen LogP contribution in [-0.2, 0) is 16.4 Å². The summed E-state index contributed by atoms with van der Waals surface area (Å²) in [7, 11) is -2.86. The van der Waals surface area contributed by atoms with Crippen molar-refractivity contribution in [1.29, 1.82) is 0 Å². The van der Waals surface area contributed by atoms with Crippen molar-refractivity contribution in [3.63, 3.8) is 0 Å². The van der Waals surface area contributed by atoms with E-state index in [-0.39, 0.29) is 33.2 Å². The number of hydrogen-bond donors (Lipinski definition) is 1. The van der Waals surface area contributed by atoms with Crippen molar-refractivity contribution in [2.24, 2.45) is 5.92 Å². The molecule has 4 aromatic rings. The lowest BCUT2D eigenvalue weighted by atomic mass is 9.98. The van der Waals surface area contributed by atoms with Gasteiger partial charge in [-0.05, 0) is 42.3 Å². The number of halogens is 4. The zero-order chi connectivity index (χ0) is 27.0. The lowest BCUT2D eigenvalue weighted by molar-refractivity contribution is -0.158. The van der Waals surface area contributed by atoms with Crippen LogP contribution in [0, 0.1) is 24.1 Å². The lowest BCUT2D eigenvalue weighted by Gasteiger charge is -2.18. The van der Waals surface area contributed by atoms with Crippen molar-refractivity contribution in [3.05, 3.63) is 76.5 Å². The molecule has 0 saturated heterocycles. The maximum absolute atomic E-state index is 15.0. The van der Waals surface area contributed by atoms with Gasteiger partial charge in [0.15, 0.2) is 5.82 Å². The van der Waals surface area contributed by atoms with Gasteiger partial charge in [0.05, 0.1) is 23.2 Å². The van der Waals surface area contributed by atoms with Crippen LogP contribution in [-0.4, -0.2) is 31.4 Å². The monoisotopic (exact) mass is 535 g/mol. The van der Waals surface area contributed by atoms with E-state index in [4.69, 9.17) is 11.2 Å². The Balaban J connectivity index is 1.81. The lowest BCUT2D eigenvalue weighted by Crippen LogP contribution is -2.24. The van der Waals surface area contributed by atoms with Crippen LogP contribution in [0.3, 0.4) is 0 Å². The van der Waals surface area contributed by atoms with Gasteiger partial charge in [0.2, 0.25) is 0 Å². The van der Waals surface area contributed by atoms with Crippen LogP contribution in [0.5, 0.6) is 5.75 Å². The van der Waals surface area contributed by atoms with E-state index in [1.165, 1.54) is 43.7 Å². The normalized spacial score (nSPS) is 12.8. The van der Waals surface area contributed by atoms with Crippen molar-refractivity contribution in [2.75, 3.05) is 11.8 Å². The molecule has 0 fully saturated rings. The van der Waals surface area contributed by atoms with Gasteiger partial charge < -0.3 is 9.26 Å². The van der Waals surface area contributed by atoms with Gasteiger partial charge in [0.25, 0.3) is 15.6 Å². The van der Waals surface area contributed by atoms with Crippen LogP contribution < -0.4 is 15.0 Å². The number of nitrogens with zero attached hydrogens (tertiary/aromatic N) is 2. The Kier molecular flexibility index (Phi) is 6.70. The van der Waals surface area contributed by atoms with Gasteiger partial charge in [-0.15, -0.1) is 6.42 Å². The molecule has 0 radical (unpaired) electrons. The molecule has 0 saturated carbocycles. The van der Waals surface area contributed by atoms with Gasteiger partial charge in [-0.3, -0.25) is 14.1 Å². The number of benzene rings is 2. The van der Waals surface area contributed by atoms with Gasteiger partial charge in [-0.1, -0.05) is 11.1 Å². The minimum absolute atomic E-state index is 0.0389. The number of nitrogens with one attached hydrogen (secondary N) is 1. The van der Waals surface area contributed by atoms with Crippen LogP contribution in [0.1, 0.15) is 5.56 Å². The van der Waals surface area contributed by atoms with E-state index >= 15 is 0 Å². The fourth-order valence-electron chi connectivity index (χ4n) is 3.67. The molecule has 8 nitrogen and oxygen atoms in total. The number of anilines is 1. The van der Waals surface area contributed by atoms with Gasteiger partial charge in [0, 0.05) is 23.6 Å². The molecule has 0 aliphatic heterocycles. The minimum atomic E-state index is -4.74. The molecule has 13 heteroatoms. The van der Waals surface area contributed by atoms with Crippen molar-refractivity contribution in [1.82, 2.24) is 9.72 Å². The summed E-state index contributed by atoms with van der Waals surface area (Å²) in [6, 6.07) is 9.57. The maximum Gasteiger partial charge on any atom is 0.402 e. The Bertz CT molecular complexity index is 1670. The van der Waals surface area contributed by atoms with Crippen molar-refractivity contribution >= 4 is 26.7 Å². The van der Waals surface area contributed by atoms with Crippen LogP contribution >= 0.6 is 0 Å². The Morgan fingerprint density at radius 1 is 1.19 bits per heavy atom. The Labute approximate surface area is 207 Å². The second-order valence-corrected chi connectivity index (χ2v) is 9.48. The first-order chi connectivity index (χ1) is 17.4. The summed E-state index contributed by atoms with van der Waals surface area (Å²) in [6.07, 6.45) is 0.609. The van der Waals surface area contributed by atoms with E-state index in [1.807, 2.05) is 0 Å². The number of terminal acetylenes is 1. The van der Waals surface area contributed by atoms with E-state index in [0.29, 0.717) is 5.39 Å². The summed E-state index contributed by atoms with van der Waals surface area (Å²) < 4.78 is 92.9. The number of rotatable bonds is 7. The second kappa shape index (κ2) is 9.62. The van der Waals surface area contributed by atoms with E-state index in [1.54, 1.807) is 5.92 Å². The fraction of sp³-hybridized carbons (Fsp3) is 0.167. The number of aromatic nitrogens is 2. The van der Waals surface area contributed by atoms with Crippen molar-refractivity contribution < 1.29 is 35.2 Å². The Morgan fingerprint density at radius 3 is 2.57 bits per heavy atom. The summed E-state index contributed by atoms with van der Waals surface area (Å²) in [5, 5.41) is 3.78. The number of pyridine rings is 1. The first-order valence-corrected chi connectivity index (χ1v) is 11.9. The number of alkyl halides is 3. The standard InChI is InChI=1S/C24H17F4N3O5S/c1-3-16(24(26,27)28)10-15-12-21(35-2)20(13-18(15)25)31-19-6-5-17(11-14(19)4-7-23(31)32)37(33,34)30-22-8-9-36-29-22/h1,4-9,11-13,16H,10H2,2H3,(H,29,30)/t16-/m1/s1. The third-order valence-electron chi connectivity index (χ3n) is 5.46. The molecule has 2 aromatic carbocycles. The van der Waals surface area contributed by atoms with E-state index < -0.39 is 39.9 Å². The van der Waals surface area contributed by atoms with Crippen LogP contribution in [0.25, 0.3) is 16.6 Å². The summed E-state index contributed by atoms with van der Waals surface area (Å²) in [5.41, 5.74) is -0.873. The van der Waals surface area contributed by atoms with Crippen molar-refractivity contribution in [3.8, 4) is 23.8 Å². The molecule has 4 rings (SSSR count). The Hall–Kier alpha value is -4.31. The quantitative estimate of drug-likeness (QED) is 0.280. The highest BCUT2D eigenvalue weighted by Crippen LogP contribution is 2.33. The average Bonchev–Trinajstić information content (AvgIpc) is 3.34. The topological polar surface area (TPSA) is 103 Å². The maximum atomic E-state index is 15.0. The molecule has 2 heterocycles. The second-order valence-electron chi connectivity index (χ2n) is 7.80. The first-order valence-electron chi connectivity index (χ1n) is 10.4. The highest BCUT2D eigenvalue weighted by molar-refractivity contribution is 7.92. The highest BCUT2D eigenvalue weighted by atomic mass is 32.2. The van der Waals surface area contributed by atoms with Crippen LogP contribution in [0.2, 0.25) is 0 Å². The smallest absolute Gasteiger partial charge is 0.402 e. The van der Waals surface area contributed by atoms with E-state index in [9.17, 15) is 30.8 Å². The Morgan fingerprint density at radius 2 is 1.95 bits per heavy atom. The number of hydrogen-bond acceptors (Lipinski definition) is 6. The van der Waals surface area contributed by atoms with Crippen molar-refractivity contribution in [2.45, 2.75) is 17.5 Å². The number of ether oxygens (including phenoxy) is 1. The first kappa shape index (κ1) is 25.8. The average molecular weight is 535 g/mol. The van der Waals surface area contributed by atoms with E-state index in [2.05, 4.69) is 14.4 Å². The summed E-state index contributed by atoms with van der Waals surface area (Å²) >= 11 is 0. The summed E-state index contributed by atoms with van der Waals surface area (Å²) in [6.45, 7) is 0. The molecule has 2 aromatic heterocycles. The van der Waals surface area contributed by atoms with Gasteiger partial charge in [0.1, 0.15) is 23.7 Å². The highest BCUT2D eigenvalue weighted by Gasteiger charge is 2.39. The third-order valence-corrected chi connectivity index (χ3v) is 6.81. The molecule has 1 atom stereocenters. The summed E-state index contributed by atoms with van der Waals surface area (Å²) in [5.74, 6) is -1.76. The molecule has 0 bridgehead atoms. The fourth-order valence-corrected chi connectivity index (χ4v) is 4.70. The van der Waals surface area contributed by atoms with Crippen LogP contribution in [0.15, 0.2) is 69.0 Å². The minimum Gasteiger partial charge on any atom is -0.495 e. The molecule has 0 spiro atoms. The molecule has 0 amide bonds. The van der Waals surface area contributed by atoms with E-state index in [0.717, 1.165) is 22.8 Å². The molecule has 37 heavy (non-hydrogen) atoms. The predicted octanol–water partition coefficient (Wildman–Crippen LogP) is 4.28. The number of methoxy groups -OCH3 is 1. The van der Waals surface area contributed by atoms with Crippen LogP contribution in [0.4, 0.5) is 23.4 Å². The molecule has 1 N–H and O–H groups in total. The molecular formula is C24H17F4N3O5S. The molecule has 0 aliphatic rings. The van der Waals surface area contributed by atoms with Gasteiger partial charge in [-0.2, -0.15) is 13.2 Å². The molecule has 0 aliphatic carbocycles. The summed E-state index contributed by atoms with van der Waals surface area (Å²) in [4.78, 5) is 12.6. The number of fused-ring (bicyclic) bond motifs is 1. The predicted molar refractivity (Wildman–Crippen MR) is 125 cm³/mol. The zero-order valence-corrected chi connectivity index (χ0v) is 19.7. The van der Waals surface area contributed by atoms with Gasteiger partial charge >= 0.3 is 6.18 Å². The molecular weight excluding hydrogens is 518 g/mol.